The molecule has 2 aliphatic rings. The third-order valence-electron chi connectivity index (χ3n) is 6.10. The lowest BCUT2D eigenvalue weighted by molar-refractivity contribution is -0.168. The highest BCUT2D eigenvalue weighted by atomic mass is 32.2. The van der Waals surface area contributed by atoms with Crippen molar-refractivity contribution < 1.29 is 32.3 Å². The number of carbonyl (C=O) groups is 3. The van der Waals surface area contributed by atoms with E-state index in [4.69, 9.17) is 9.47 Å². The van der Waals surface area contributed by atoms with Gasteiger partial charge in [0.15, 0.2) is 26.7 Å². The molecule has 172 valence electrons. The van der Waals surface area contributed by atoms with E-state index in [1.54, 1.807) is 48.5 Å². The van der Waals surface area contributed by atoms with Gasteiger partial charge in [-0.3, -0.25) is 9.59 Å². The van der Waals surface area contributed by atoms with E-state index in [-0.39, 0.29) is 13.0 Å². The molecule has 0 bridgehead atoms. The minimum Gasteiger partial charge on any atom is -0.460 e. The molecule has 2 aromatic rings. The van der Waals surface area contributed by atoms with Gasteiger partial charge in [-0.1, -0.05) is 73.3 Å². The van der Waals surface area contributed by atoms with Crippen molar-refractivity contribution in [2.24, 2.45) is 0 Å². The van der Waals surface area contributed by atoms with E-state index < -0.39 is 49.9 Å². The monoisotopic (exact) mass is 469 g/mol. The molecule has 2 aliphatic heterocycles. The molecular weight excluding hydrogens is 446 g/mol. The molecule has 2 heterocycles. The summed E-state index contributed by atoms with van der Waals surface area (Å²) in [7, 11) is -4.25. The first-order valence-electron chi connectivity index (χ1n) is 10.4. The number of amides is 1. The van der Waals surface area contributed by atoms with Crippen LogP contribution < -0.4 is 0 Å². The number of carbonyl (C=O) groups excluding carboxylic acids is 3. The van der Waals surface area contributed by atoms with Gasteiger partial charge in [-0.25, -0.2) is 13.2 Å². The average molecular weight is 470 g/mol. The summed E-state index contributed by atoms with van der Waals surface area (Å²) in [5.41, 5.74) is 1.31. The Labute approximate surface area is 191 Å². The Hall–Kier alpha value is -3.46. The molecule has 33 heavy (non-hydrogen) atoms. The minimum atomic E-state index is -4.25. The molecule has 0 N–H and O–H groups in total. The van der Waals surface area contributed by atoms with Crippen molar-refractivity contribution in [3.05, 3.63) is 84.4 Å². The minimum absolute atomic E-state index is 0.235. The Morgan fingerprint density at radius 1 is 1.12 bits per heavy atom. The van der Waals surface area contributed by atoms with Gasteiger partial charge in [-0.2, -0.15) is 0 Å². The summed E-state index contributed by atoms with van der Waals surface area (Å²) in [6.07, 6.45) is 0.125. The van der Waals surface area contributed by atoms with Crippen LogP contribution in [0.15, 0.2) is 73.3 Å². The van der Waals surface area contributed by atoms with Crippen LogP contribution >= 0.6 is 0 Å². The molecule has 0 aromatic heterocycles. The standard InChI is InChI=1S/C24H23NO7S/c1-3-14-31-23(28)24(2)21(25-18(26)15-19(25)33(24,29)30)22(27)32-20(16-10-6-4-7-11-16)17-12-8-5-9-13-17/h3-13,19-21H,1,14-15H2,2H3/t19?,21-,24+/m0/s1. The molecule has 2 saturated heterocycles. The first kappa shape index (κ1) is 22.7. The summed E-state index contributed by atoms with van der Waals surface area (Å²) in [6, 6.07) is 16.2. The molecule has 9 heteroatoms. The SMILES string of the molecule is C=CCOC(=O)[C@@]1(C)[C@H](C(=O)OC(c2ccccc2)c2ccccc2)N2C(=O)CC2S1(=O)=O. The van der Waals surface area contributed by atoms with Crippen molar-refractivity contribution in [2.75, 3.05) is 6.61 Å². The lowest BCUT2D eigenvalue weighted by Gasteiger charge is -2.36. The van der Waals surface area contributed by atoms with E-state index in [0.717, 1.165) is 11.8 Å². The predicted molar refractivity (Wildman–Crippen MR) is 118 cm³/mol. The zero-order chi connectivity index (χ0) is 23.8. The van der Waals surface area contributed by atoms with Crippen LogP contribution in [0.3, 0.4) is 0 Å². The van der Waals surface area contributed by atoms with Crippen LogP contribution in [0.5, 0.6) is 0 Å². The van der Waals surface area contributed by atoms with E-state index in [1.165, 1.54) is 6.08 Å². The maximum atomic E-state index is 13.5. The van der Waals surface area contributed by atoms with E-state index in [0.29, 0.717) is 11.1 Å². The number of esters is 2. The Balaban J connectivity index is 1.74. The Morgan fingerprint density at radius 3 is 2.15 bits per heavy atom. The number of hydrogen-bond donors (Lipinski definition) is 0. The number of fused-ring (bicyclic) bond motifs is 1. The van der Waals surface area contributed by atoms with E-state index in [2.05, 4.69) is 6.58 Å². The highest BCUT2D eigenvalue weighted by Crippen LogP contribution is 2.47. The number of hydrogen-bond acceptors (Lipinski definition) is 7. The summed E-state index contributed by atoms with van der Waals surface area (Å²) in [4.78, 5) is 39.7. The molecule has 2 fully saturated rings. The average Bonchev–Trinajstić information content (AvgIpc) is 2.97. The van der Waals surface area contributed by atoms with Gasteiger partial charge in [0, 0.05) is 0 Å². The number of benzene rings is 2. The molecule has 0 radical (unpaired) electrons. The molecule has 4 rings (SSSR count). The van der Waals surface area contributed by atoms with Gasteiger partial charge in [0.25, 0.3) is 0 Å². The maximum absolute atomic E-state index is 13.5. The van der Waals surface area contributed by atoms with Crippen molar-refractivity contribution >= 4 is 27.7 Å². The van der Waals surface area contributed by atoms with Crippen molar-refractivity contribution in [2.45, 2.75) is 35.6 Å². The molecule has 0 spiro atoms. The lowest BCUT2D eigenvalue weighted by atomic mass is 9.95. The van der Waals surface area contributed by atoms with E-state index >= 15 is 0 Å². The third-order valence-corrected chi connectivity index (χ3v) is 8.78. The van der Waals surface area contributed by atoms with Gasteiger partial charge in [-0.15, -0.1) is 0 Å². The Kier molecular flexibility index (Phi) is 5.84. The molecule has 1 unspecified atom stereocenters. The maximum Gasteiger partial charge on any atom is 0.332 e. The number of β-lactam (4-membered cyclic amide) rings is 1. The van der Waals surface area contributed by atoms with Crippen LogP contribution in [0, 0.1) is 0 Å². The number of nitrogens with zero attached hydrogens (tertiary/aromatic N) is 1. The van der Waals surface area contributed by atoms with Crippen molar-refractivity contribution in [1.82, 2.24) is 4.90 Å². The largest absolute Gasteiger partial charge is 0.460 e. The van der Waals surface area contributed by atoms with Crippen LogP contribution in [0.2, 0.25) is 0 Å². The summed E-state index contributed by atoms with van der Waals surface area (Å²) < 4.78 is 35.0. The second kappa shape index (κ2) is 8.47. The lowest BCUT2D eigenvalue weighted by Crippen LogP contribution is -2.59. The molecule has 1 amide bonds. The van der Waals surface area contributed by atoms with Gasteiger partial charge < -0.3 is 14.4 Å². The first-order chi connectivity index (χ1) is 15.7. The second-order valence-corrected chi connectivity index (χ2v) is 10.5. The molecule has 8 nitrogen and oxygen atoms in total. The fourth-order valence-corrected chi connectivity index (χ4v) is 6.56. The highest BCUT2D eigenvalue weighted by Gasteiger charge is 2.74. The van der Waals surface area contributed by atoms with Gasteiger partial charge in [0.1, 0.15) is 12.0 Å². The zero-order valence-corrected chi connectivity index (χ0v) is 18.7. The van der Waals surface area contributed by atoms with Gasteiger partial charge in [0.05, 0.1) is 6.42 Å². The zero-order valence-electron chi connectivity index (χ0n) is 17.9. The van der Waals surface area contributed by atoms with E-state index in [9.17, 15) is 22.8 Å². The normalized spacial score (nSPS) is 25.2. The summed E-state index contributed by atoms with van der Waals surface area (Å²) >= 11 is 0. The van der Waals surface area contributed by atoms with Crippen LogP contribution in [0.4, 0.5) is 0 Å². The molecule has 2 aromatic carbocycles. The Bertz CT molecular complexity index is 1160. The van der Waals surface area contributed by atoms with Crippen LogP contribution in [-0.2, 0) is 33.7 Å². The van der Waals surface area contributed by atoms with Gasteiger partial charge >= 0.3 is 11.9 Å². The van der Waals surface area contributed by atoms with E-state index in [1.807, 2.05) is 12.1 Å². The number of rotatable bonds is 7. The van der Waals surface area contributed by atoms with Crippen LogP contribution in [0.1, 0.15) is 30.6 Å². The fraction of sp³-hybridized carbons (Fsp3) is 0.292. The number of ether oxygens (including phenoxy) is 2. The highest BCUT2D eigenvalue weighted by molar-refractivity contribution is 7.94. The van der Waals surface area contributed by atoms with Gasteiger partial charge in [-0.05, 0) is 18.1 Å². The number of sulfone groups is 1. The summed E-state index contributed by atoms with van der Waals surface area (Å²) in [5.74, 6) is -2.66. The van der Waals surface area contributed by atoms with Crippen molar-refractivity contribution in [1.29, 1.82) is 0 Å². The summed E-state index contributed by atoms with van der Waals surface area (Å²) in [6.45, 7) is 4.33. The molecular formula is C24H23NO7S. The second-order valence-electron chi connectivity index (χ2n) is 8.04. The van der Waals surface area contributed by atoms with Crippen LogP contribution in [0.25, 0.3) is 0 Å². The Morgan fingerprint density at radius 2 is 1.67 bits per heavy atom. The first-order valence-corrected chi connectivity index (χ1v) is 11.9. The van der Waals surface area contributed by atoms with Crippen LogP contribution in [-0.4, -0.2) is 53.9 Å². The third kappa shape index (κ3) is 3.52. The molecule has 0 aliphatic carbocycles. The van der Waals surface area contributed by atoms with Crippen molar-refractivity contribution in [3.8, 4) is 0 Å². The van der Waals surface area contributed by atoms with Gasteiger partial charge in [0.2, 0.25) is 5.91 Å². The van der Waals surface area contributed by atoms with Crippen molar-refractivity contribution in [3.63, 3.8) is 0 Å². The quantitative estimate of drug-likeness (QED) is 0.347. The summed E-state index contributed by atoms with van der Waals surface area (Å²) in [5, 5.41) is -1.27. The predicted octanol–water partition coefficient (Wildman–Crippen LogP) is 2.16. The molecule has 3 atom stereocenters. The topological polar surface area (TPSA) is 107 Å². The smallest absolute Gasteiger partial charge is 0.332 e. The fourth-order valence-electron chi connectivity index (χ4n) is 4.28. The molecule has 0 saturated carbocycles.